The fraction of sp³-hybridized carbons (Fsp3) is 0.263. The van der Waals surface area contributed by atoms with Crippen molar-refractivity contribution in [1.29, 1.82) is 0 Å². The summed E-state index contributed by atoms with van der Waals surface area (Å²) < 4.78 is 0. The van der Waals surface area contributed by atoms with Crippen LogP contribution in [-0.2, 0) is 19.2 Å². The van der Waals surface area contributed by atoms with Crippen LogP contribution in [0.3, 0.4) is 0 Å². The van der Waals surface area contributed by atoms with Crippen molar-refractivity contribution < 1.29 is 24.3 Å². The van der Waals surface area contributed by atoms with E-state index in [4.69, 9.17) is 10.6 Å². The van der Waals surface area contributed by atoms with Crippen molar-refractivity contribution in [2.75, 3.05) is 12.8 Å². The third-order valence-corrected chi connectivity index (χ3v) is 7.67. The first kappa shape index (κ1) is 22.9. The van der Waals surface area contributed by atoms with Crippen LogP contribution in [0.1, 0.15) is 16.3 Å². The maximum Gasteiger partial charge on any atom is 0.331 e. The number of thioether (sulfide) groups is 1. The van der Waals surface area contributed by atoms with Gasteiger partial charge in [-0.25, -0.2) is 14.8 Å². The lowest BCUT2D eigenvalue weighted by molar-refractivity contribution is -0.159. The lowest BCUT2D eigenvalue weighted by Gasteiger charge is -2.51. The van der Waals surface area contributed by atoms with Crippen molar-refractivity contribution in [3.8, 4) is 0 Å². The Kier molecular flexibility index (Phi) is 6.49. The highest BCUT2D eigenvalue weighted by molar-refractivity contribution is 8.03. The summed E-state index contributed by atoms with van der Waals surface area (Å²) in [6, 6.07) is -2.08. The molecule has 3 unspecified atom stereocenters. The van der Waals surface area contributed by atoms with E-state index in [0.29, 0.717) is 5.57 Å². The monoisotopic (exact) mass is 506 g/mol. The summed E-state index contributed by atoms with van der Waals surface area (Å²) in [6.45, 7) is 1.86. The van der Waals surface area contributed by atoms with Crippen LogP contribution in [0.4, 0.5) is 5.13 Å². The molecule has 2 aliphatic heterocycles. The SMILES string of the molecule is CO/N=C(\C(=O)NC1C(=O)N2C(C(=O)O)C(/C=C/c3scnc3C)=CSC12)c1csc(N)n1. The molecule has 0 aromatic carbocycles. The number of carboxylic acid groups (broad SMARTS) is 1. The number of rotatable bonds is 7. The van der Waals surface area contributed by atoms with Crippen molar-refractivity contribution in [3.63, 3.8) is 0 Å². The summed E-state index contributed by atoms with van der Waals surface area (Å²) in [6.07, 6.45) is 3.46. The fourth-order valence-corrected chi connectivity index (χ4v) is 5.79. The molecule has 2 aromatic heterocycles. The minimum absolute atomic E-state index is 0.133. The summed E-state index contributed by atoms with van der Waals surface area (Å²) in [5.74, 6) is -2.34. The minimum Gasteiger partial charge on any atom is -0.479 e. The number of thiazole rings is 2. The predicted molar refractivity (Wildman–Crippen MR) is 126 cm³/mol. The lowest BCUT2D eigenvalue weighted by atomic mass is 9.97. The van der Waals surface area contributed by atoms with Crippen LogP contribution in [0.25, 0.3) is 6.08 Å². The third kappa shape index (κ3) is 4.36. The van der Waals surface area contributed by atoms with Crippen LogP contribution in [0, 0.1) is 6.92 Å². The second kappa shape index (κ2) is 9.33. The maximum absolute atomic E-state index is 12.9. The van der Waals surface area contributed by atoms with Crippen LogP contribution in [0.5, 0.6) is 0 Å². The number of carbonyl (C=O) groups excluding carboxylic acids is 2. The van der Waals surface area contributed by atoms with Crippen LogP contribution < -0.4 is 11.1 Å². The van der Waals surface area contributed by atoms with Gasteiger partial charge in [0.2, 0.25) is 5.91 Å². The number of nitrogen functional groups attached to an aromatic ring is 1. The van der Waals surface area contributed by atoms with Gasteiger partial charge in [-0.3, -0.25) is 9.59 Å². The molecule has 1 fully saturated rings. The van der Waals surface area contributed by atoms with Crippen molar-refractivity contribution in [2.24, 2.45) is 5.16 Å². The molecule has 33 heavy (non-hydrogen) atoms. The molecule has 14 heteroatoms. The minimum atomic E-state index is -1.16. The summed E-state index contributed by atoms with van der Waals surface area (Å²) >= 11 is 3.83. The number of hydrogen-bond acceptors (Lipinski definition) is 11. The van der Waals surface area contributed by atoms with Crippen molar-refractivity contribution in [3.05, 3.63) is 44.2 Å². The van der Waals surface area contributed by atoms with Crippen LogP contribution >= 0.6 is 34.4 Å². The van der Waals surface area contributed by atoms with Crippen molar-refractivity contribution >= 4 is 69.1 Å². The molecule has 1 saturated heterocycles. The number of aromatic nitrogens is 2. The molecule has 4 N–H and O–H groups in total. The number of carbonyl (C=O) groups is 3. The van der Waals surface area contributed by atoms with Crippen molar-refractivity contribution in [2.45, 2.75) is 24.4 Å². The van der Waals surface area contributed by atoms with Gasteiger partial charge in [-0.2, -0.15) is 0 Å². The number of anilines is 1. The molecule has 11 nitrogen and oxygen atoms in total. The highest BCUT2D eigenvalue weighted by Gasteiger charge is 2.55. The molecular weight excluding hydrogens is 488 g/mol. The molecule has 0 spiro atoms. The second-order valence-corrected chi connectivity index (χ2v) is 9.68. The van der Waals surface area contributed by atoms with Gasteiger partial charge in [-0.15, -0.1) is 34.4 Å². The quantitative estimate of drug-likeness (QED) is 0.286. The molecule has 0 radical (unpaired) electrons. The van der Waals surface area contributed by atoms with Crippen molar-refractivity contribution in [1.82, 2.24) is 20.2 Å². The standard InChI is InChI=1S/C19H18N6O5S3/c1-8-11(33-7-21-8)4-3-9-5-31-17-13(16(27)25(17)14(9)18(28)29)23-15(26)12(24-30-2)10-6-32-19(20)22-10/h3-7,13-14,17H,1-2H3,(H2,20,22)(H,23,26)(H,28,29)/b4-3+,24-12-. The number of fused-ring (bicyclic) bond motifs is 1. The normalized spacial score (nSPS) is 22.5. The molecule has 3 atom stereocenters. The topological polar surface area (TPSA) is 160 Å². The van der Waals surface area contributed by atoms with Gasteiger partial charge in [0.05, 0.1) is 11.2 Å². The number of nitrogens with two attached hydrogens (primary N) is 1. The summed E-state index contributed by atoms with van der Waals surface area (Å²) in [4.78, 5) is 52.7. The maximum atomic E-state index is 12.9. The number of β-lactam (4-membered cyclic amide) rings is 1. The van der Waals surface area contributed by atoms with E-state index in [0.717, 1.165) is 21.9 Å². The Morgan fingerprint density at radius 3 is 2.76 bits per heavy atom. The van der Waals surface area contributed by atoms with Gasteiger partial charge in [0, 0.05) is 10.3 Å². The molecule has 2 aliphatic rings. The Morgan fingerprint density at radius 2 is 2.15 bits per heavy atom. The molecule has 2 aromatic rings. The number of hydrogen-bond donors (Lipinski definition) is 3. The molecule has 172 valence electrons. The number of amides is 2. The van der Waals surface area contributed by atoms with Gasteiger partial charge in [-0.05, 0) is 24.0 Å². The third-order valence-electron chi connectivity index (χ3n) is 4.91. The Labute approximate surface area is 200 Å². The first-order chi connectivity index (χ1) is 15.8. The smallest absolute Gasteiger partial charge is 0.331 e. The average Bonchev–Trinajstić information content (AvgIpc) is 3.40. The van der Waals surface area contributed by atoms with Gasteiger partial charge in [-0.1, -0.05) is 11.2 Å². The first-order valence-corrected chi connectivity index (χ1v) is 12.1. The molecule has 0 aliphatic carbocycles. The van der Waals surface area contributed by atoms with E-state index in [1.807, 2.05) is 6.92 Å². The van der Waals surface area contributed by atoms with Crippen LogP contribution in [0.15, 0.2) is 33.1 Å². The number of nitrogens with one attached hydrogen (secondary N) is 1. The van der Waals surface area contributed by atoms with Crippen LogP contribution in [-0.4, -0.2) is 68.0 Å². The van der Waals surface area contributed by atoms with Crippen LogP contribution in [0.2, 0.25) is 0 Å². The van der Waals surface area contributed by atoms with Gasteiger partial charge in [0.25, 0.3) is 5.91 Å². The van der Waals surface area contributed by atoms with E-state index in [1.54, 1.807) is 28.5 Å². The summed E-state index contributed by atoms with van der Waals surface area (Å²) in [5, 5.41) is 19.0. The highest BCUT2D eigenvalue weighted by atomic mass is 32.2. The largest absolute Gasteiger partial charge is 0.479 e. The van der Waals surface area contributed by atoms with Gasteiger partial charge >= 0.3 is 5.97 Å². The first-order valence-electron chi connectivity index (χ1n) is 9.44. The zero-order valence-electron chi connectivity index (χ0n) is 17.3. The van der Waals surface area contributed by atoms with E-state index in [2.05, 4.69) is 20.4 Å². The number of aryl methyl sites for hydroxylation is 1. The number of nitrogens with zero attached hydrogens (tertiary/aromatic N) is 4. The zero-order chi connectivity index (χ0) is 23.7. The lowest BCUT2D eigenvalue weighted by Crippen LogP contribution is -2.74. The molecular formula is C19H18N6O5S3. The second-order valence-electron chi connectivity index (χ2n) is 6.91. The predicted octanol–water partition coefficient (Wildman–Crippen LogP) is 1.29. The Morgan fingerprint density at radius 1 is 1.36 bits per heavy atom. The number of oxime groups is 1. The molecule has 0 saturated carbocycles. The number of aliphatic carboxylic acids is 1. The van der Waals surface area contributed by atoms with E-state index in [9.17, 15) is 19.5 Å². The number of carboxylic acids is 1. The van der Waals surface area contributed by atoms with Gasteiger partial charge < -0.3 is 25.9 Å². The van der Waals surface area contributed by atoms with E-state index >= 15 is 0 Å². The summed E-state index contributed by atoms with van der Waals surface area (Å²) in [5.41, 5.74) is 8.72. The molecule has 2 amide bonds. The Bertz CT molecular complexity index is 1200. The molecule has 0 bridgehead atoms. The molecule has 4 heterocycles. The van der Waals surface area contributed by atoms with Gasteiger partial charge in [0.15, 0.2) is 16.9 Å². The average molecular weight is 507 g/mol. The van der Waals surface area contributed by atoms with E-state index in [-0.39, 0.29) is 16.5 Å². The Balaban J connectivity index is 1.52. The zero-order valence-corrected chi connectivity index (χ0v) is 19.7. The van der Waals surface area contributed by atoms with Gasteiger partial charge in [0.1, 0.15) is 24.2 Å². The van der Waals surface area contributed by atoms with E-state index in [1.165, 1.54) is 35.1 Å². The fourth-order valence-electron chi connectivity index (χ4n) is 3.35. The highest BCUT2D eigenvalue weighted by Crippen LogP contribution is 2.40. The molecule has 4 rings (SSSR count). The Hall–Kier alpha value is -3.23. The summed E-state index contributed by atoms with van der Waals surface area (Å²) in [7, 11) is 1.28. The van der Waals surface area contributed by atoms with E-state index < -0.39 is 35.2 Å².